The molecule has 6 rings (SSSR count). The Morgan fingerprint density at radius 2 is 1.17 bits per heavy atom. The number of methoxy groups -OCH3 is 1. The minimum absolute atomic E-state index is 0.432. The van der Waals surface area contributed by atoms with Gasteiger partial charge in [-0.3, -0.25) is 0 Å². The molecule has 5 nitrogen and oxygen atoms in total. The van der Waals surface area contributed by atoms with Crippen LogP contribution >= 0.6 is 23.9 Å². The Morgan fingerprint density at radius 1 is 0.667 bits per heavy atom. The van der Waals surface area contributed by atoms with E-state index in [1.807, 2.05) is 42.5 Å². The molecule has 0 radical (unpaired) electrons. The SMILES string of the molecule is COc1cc(Br)c(-c2nnc(C)o2)cc1OCc1ccccc1.c1ccc(P(c2ccccc2)c2ccccc2)cc1. The number of aryl methyl sites for hydroxylation is 1. The van der Waals surface area contributed by atoms with Crippen molar-refractivity contribution in [3.05, 3.63) is 149 Å². The molecular weight excluding hydrogens is 607 g/mol. The van der Waals surface area contributed by atoms with E-state index in [-0.39, 0.29) is 0 Å². The van der Waals surface area contributed by atoms with E-state index in [1.165, 1.54) is 15.9 Å². The Morgan fingerprint density at radius 3 is 1.62 bits per heavy atom. The summed E-state index contributed by atoms with van der Waals surface area (Å²) in [6, 6.07) is 45.9. The van der Waals surface area contributed by atoms with Gasteiger partial charge in [-0.25, -0.2) is 0 Å². The van der Waals surface area contributed by atoms with Crippen molar-refractivity contribution in [2.75, 3.05) is 7.11 Å². The Labute approximate surface area is 256 Å². The fourth-order valence-corrected chi connectivity index (χ4v) is 7.09. The summed E-state index contributed by atoms with van der Waals surface area (Å²) in [5, 5.41) is 12.1. The third-order valence-electron chi connectivity index (χ3n) is 6.29. The number of hydrogen-bond acceptors (Lipinski definition) is 5. The monoisotopic (exact) mass is 636 g/mol. The van der Waals surface area contributed by atoms with Gasteiger partial charge in [-0.05, 0) is 57.5 Å². The number of ether oxygens (including phenoxy) is 2. The molecule has 0 aliphatic carbocycles. The number of rotatable bonds is 8. The molecule has 0 amide bonds. The molecule has 0 aliphatic heterocycles. The van der Waals surface area contributed by atoms with E-state index >= 15 is 0 Å². The second-order valence-electron chi connectivity index (χ2n) is 9.23. The van der Waals surface area contributed by atoms with Gasteiger partial charge in [0.1, 0.15) is 6.61 Å². The van der Waals surface area contributed by atoms with Gasteiger partial charge in [-0.2, -0.15) is 0 Å². The largest absolute Gasteiger partial charge is 0.493 e. The van der Waals surface area contributed by atoms with Crippen LogP contribution in [0, 0.1) is 6.92 Å². The predicted molar refractivity (Wildman–Crippen MR) is 175 cm³/mol. The molecule has 0 fully saturated rings. The average molecular weight is 638 g/mol. The summed E-state index contributed by atoms with van der Waals surface area (Å²) < 4.78 is 17.6. The molecule has 0 unspecified atom stereocenters. The number of hydrogen-bond donors (Lipinski definition) is 0. The average Bonchev–Trinajstić information content (AvgIpc) is 3.48. The molecule has 0 bridgehead atoms. The molecule has 0 saturated carbocycles. The van der Waals surface area contributed by atoms with Crippen molar-refractivity contribution < 1.29 is 13.9 Å². The number of halogens is 1. The summed E-state index contributed by atoms with van der Waals surface area (Å²) in [6.07, 6.45) is 0. The molecule has 5 aromatic carbocycles. The first kappa shape index (κ1) is 29.2. The lowest BCUT2D eigenvalue weighted by Crippen LogP contribution is -2.20. The van der Waals surface area contributed by atoms with Crippen molar-refractivity contribution in [1.82, 2.24) is 10.2 Å². The van der Waals surface area contributed by atoms with Gasteiger partial charge in [0.2, 0.25) is 11.8 Å². The zero-order valence-electron chi connectivity index (χ0n) is 23.4. The fourth-order valence-electron chi connectivity index (χ4n) is 4.29. The van der Waals surface area contributed by atoms with E-state index in [9.17, 15) is 0 Å². The standard InChI is InChI=1S/C18H15P.C17H15BrN2O3/c1-4-10-16(11-5-1)19(17-12-6-2-7-13-17)18-14-8-3-9-15-18;1-11-19-20-17(23-11)13-8-16(15(21-2)9-14(13)18)22-10-12-6-4-3-5-7-12/h1-15H;3-9H,10H2,1-2H3. The molecular formula is C35H30BrN2O3P. The van der Waals surface area contributed by atoms with Crippen LogP contribution < -0.4 is 25.4 Å². The third-order valence-corrected chi connectivity index (χ3v) is 9.39. The predicted octanol–water partition coefficient (Wildman–Crippen LogP) is 7.84. The van der Waals surface area contributed by atoms with Gasteiger partial charge in [0.15, 0.2) is 11.5 Å². The van der Waals surface area contributed by atoms with Crippen molar-refractivity contribution >= 4 is 39.8 Å². The van der Waals surface area contributed by atoms with Gasteiger partial charge in [0.25, 0.3) is 0 Å². The Kier molecular flexibility index (Phi) is 10.2. The van der Waals surface area contributed by atoms with Crippen LogP contribution in [-0.4, -0.2) is 17.3 Å². The van der Waals surface area contributed by atoms with Crippen LogP contribution in [0.4, 0.5) is 0 Å². The Hall–Kier alpha value is -4.25. The first-order valence-electron chi connectivity index (χ1n) is 13.4. The fraction of sp³-hybridized carbons (Fsp3) is 0.0857. The van der Waals surface area contributed by atoms with Gasteiger partial charge >= 0.3 is 0 Å². The van der Waals surface area contributed by atoms with Crippen molar-refractivity contribution in [2.45, 2.75) is 13.5 Å². The number of aromatic nitrogens is 2. The van der Waals surface area contributed by atoms with E-state index in [4.69, 9.17) is 13.9 Å². The smallest absolute Gasteiger partial charge is 0.248 e. The molecule has 0 atom stereocenters. The highest BCUT2D eigenvalue weighted by Gasteiger charge is 2.17. The van der Waals surface area contributed by atoms with Crippen LogP contribution in [0.25, 0.3) is 11.5 Å². The lowest BCUT2D eigenvalue weighted by atomic mass is 10.2. The van der Waals surface area contributed by atoms with Crippen LogP contribution in [0.15, 0.2) is 142 Å². The summed E-state index contributed by atoms with van der Waals surface area (Å²) in [7, 11) is 1.16. The van der Waals surface area contributed by atoms with E-state index in [0.717, 1.165) is 15.6 Å². The molecule has 6 aromatic rings. The number of benzene rings is 5. The van der Waals surface area contributed by atoms with Crippen LogP contribution in [0.3, 0.4) is 0 Å². The maximum absolute atomic E-state index is 5.90. The van der Waals surface area contributed by atoms with E-state index in [0.29, 0.717) is 29.9 Å². The summed E-state index contributed by atoms with van der Waals surface area (Å²) >= 11 is 3.50. The van der Waals surface area contributed by atoms with E-state index in [2.05, 4.69) is 117 Å². The van der Waals surface area contributed by atoms with E-state index in [1.54, 1.807) is 14.0 Å². The maximum atomic E-state index is 5.90. The maximum Gasteiger partial charge on any atom is 0.248 e. The van der Waals surface area contributed by atoms with Gasteiger partial charge in [-0.15, -0.1) is 10.2 Å². The quantitative estimate of drug-likeness (QED) is 0.159. The van der Waals surface area contributed by atoms with Crippen molar-refractivity contribution in [3.63, 3.8) is 0 Å². The van der Waals surface area contributed by atoms with Gasteiger partial charge < -0.3 is 13.9 Å². The molecule has 0 spiro atoms. The second-order valence-corrected chi connectivity index (χ2v) is 12.3. The highest BCUT2D eigenvalue weighted by molar-refractivity contribution is 9.10. The molecule has 210 valence electrons. The topological polar surface area (TPSA) is 57.4 Å². The summed E-state index contributed by atoms with van der Waals surface area (Å²) in [5.74, 6) is 2.19. The van der Waals surface area contributed by atoms with Crippen molar-refractivity contribution in [2.24, 2.45) is 0 Å². The lowest BCUT2D eigenvalue weighted by molar-refractivity contribution is 0.284. The molecule has 0 N–H and O–H groups in total. The van der Waals surface area contributed by atoms with Gasteiger partial charge in [-0.1, -0.05) is 121 Å². The van der Waals surface area contributed by atoms with Crippen LogP contribution in [0.5, 0.6) is 11.5 Å². The van der Waals surface area contributed by atoms with Gasteiger partial charge in [0, 0.05) is 11.4 Å². The van der Waals surface area contributed by atoms with Crippen molar-refractivity contribution in [3.8, 4) is 23.0 Å². The molecule has 0 aliphatic rings. The highest BCUT2D eigenvalue weighted by Crippen LogP contribution is 2.38. The minimum atomic E-state index is -0.446. The summed E-state index contributed by atoms with van der Waals surface area (Å²) in [6.45, 7) is 2.20. The first-order chi connectivity index (χ1) is 20.6. The molecule has 7 heteroatoms. The second kappa shape index (κ2) is 14.6. The van der Waals surface area contributed by atoms with Crippen LogP contribution in [0.1, 0.15) is 11.5 Å². The van der Waals surface area contributed by atoms with E-state index < -0.39 is 7.92 Å². The number of nitrogens with zero attached hydrogens (tertiary/aromatic N) is 2. The third kappa shape index (κ3) is 7.52. The molecule has 1 aromatic heterocycles. The zero-order valence-corrected chi connectivity index (χ0v) is 25.8. The summed E-state index contributed by atoms with van der Waals surface area (Å²) in [4.78, 5) is 0. The van der Waals surface area contributed by atoms with Gasteiger partial charge in [0.05, 0.1) is 12.7 Å². The first-order valence-corrected chi connectivity index (χ1v) is 15.6. The zero-order chi connectivity index (χ0) is 29.1. The van der Waals surface area contributed by atoms with Crippen LogP contribution in [-0.2, 0) is 6.61 Å². The molecule has 42 heavy (non-hydrogen) atoms. The lowest BCUT2D eigenvalue weighted by Gasteiger charge is -2.18. The molecule has 1 heterocycles. The molecule has 0 saturated heterocycles. The highest BCUT2D eigenvalue weighted by atomic mass is 79.9. The minimum Gasteiger partial charge on any atom is -0.493 e. The van der Waals surface area contributed by atoms with Crippen molar-refractivity contribution in [1.29, 1.82) is 0 Å². The van der Waals surface area contributed by atoms with Crippen LogP contribution in [0.2, 0.25) is 0 Å². The summed E-state index contributed by atoms with van der Waals surface area (Å²) in [5.41, 5.74) is 1.84. The Bertz CT molecular complexity index is 1590. The Balaban J connectivity index is 0.000000171. The normalized spacial score (nSPS) is 10.6.